The van der Waals surface area contributed by atoms with Crippen LogP contribution < -0.4 is 14.8 Å². The van der Waals surface area contributed by atoms with Gasteiger partial charge in [-0.05, 0) is 36.7 Å². The summed E-state index contributed by atoms with van der Waals surface area (Å²) in [5.41, 5.74) is 2.55. The van der Waals surface area contributed by atoms with E-state index in [2.05, 4.69) is 34.2 Å². The first-order chi connectivity index (χ1) is 15.4. The van der Waals surface area contributed by atoms with Gasteiger partial charge in [0.25, 0.3) is 0 Å². The lowest BCUT2D eigenvalue weighted by Crippen LogP contribution is -2.26. The van der Waals surface area contributed by atoms with Crippen molar-refractivity contribution in [1.29, 1.82) is 0 Å². The maximum Gasteiger partial charge on any atom is 0.308 e. The van der Waals surface area contributed by atoms with Gasteiger partial charge in [-0.2, -0.15) is 0 Å². The number of ether oxygens (including phenoxy) is 2. The van der Waals surface area contributed by atoms with Crippen LogP contribution in [0.1, 0.15) is 30.0 Å². The zero-order valence-electron chi connectivity index (χ0n) is 18.8. The third-order valence-corrected chi connectivity index (χ3v) is 4.52. The van der Waals surface area contributed by atoms with Gasteiger partial charge in [-0.3, -0.25) is 14.5 Å². The molecule has 0 aliphatic carbocycles. The number of aliphatic hydroxyl groups excluding tert-OH is 1. The maximum absolute atomic E-state index is 11.9. The number of esters is 1. The number of nitrogens with zero attached hydrogens (tertiary/aromatic N) is 1. The molecule has 0 aromatic heterocycles. The normalized spacial score (nSPS) is 10.3. The SMILES string of the molecule is COc1cc(CCC(=O)NCCO)cc(C#CCN(C)Cc2ccccc2)c1OC(C)=O. The van der Waals surface area contributed by atoms with Crippen molar-refractivity contribution >= 4 is 11.9 Å². The number of benzene rings is 2. The second kappa shape index (κ2) is 13.2. The summed E-state index contributed by atoms with van der Waals surface area (Å²) in [4.78, 5) is 25.6. The summed E-state index contributed by atoms with van der Waals surface area (Å²) >= 11 is 0. The number of nitrogens with one attached hydrogen (secondary N) is 1. The lowest BCUT2D eigenvalue weighted by atomic mass is 10.0. The lowest BCUT2D eigenvalue weighted by Gasteiger charge is -2.14. The van der Waals surface area contributed by atoms with Crippen LogP contribution in [0.5, 0.6) is 11.5 Å². The standard InChI is InChI=1S/C25H30N2O5/c1-19(29)32-25-22(10-7-14-27(2)18-20-8-5-4-6-9-20)16-21(17-23(25)31-3)11-12-24(30)26-13-15-28/h4-6,8-9,16-17,28H,11-15,18H2,1-3H3,(H,26,30). The molecule has 0 spiro atoms. The number of hydrogen-bond acceptors (Lipinski definition) is 6. The van der Waals surface area contributed by atoms with E-state index in [-0.39, 0.29) is 31.2 Å². The van der Waals surface area contributed by atoms with E-state index in [1.807, 2.05) is 31.3 Å². The van der Waals surface area contributed by atoms with Crippen LogP contribution in [0.2, 0.25) is 0 Å². The van der Waals surface area contributed by atoms with Gasteiger partial charge in [0.1, 0.15) is 0 Å². The van der Waals surface area contributed by atoms with Crippen LogP contribution in [-0.4, -0.2) is 55.7 Å². The van der Waals surface area contributed by atoms with E-state index in [1.165, 1.54) is 19.6 Å². The molecule has 0 heterocycles. The first-order valence-electron chi connectivity index (χ1n) is 10.4. The van der Waals surface area contributed by atoms with Gasteiger partial charge in [-0.15, -0.1) is 0 Å². The molecule has 0 unspecified atom stereocenters. The zero-order chi connectivity index (χ0) is 23.3. The molecule has 7 heteroatoms. The quantitative estimate of drug-likeness (QED) is 0.336. The van der Waals surface area contributed by atoms with Crippen molar-refractivity contribution in [3.63, 3.8) is 0 Å². The van der Waals surface area contributed by atoms with Crippen molar-refractivity contribution in [3.8, 4) is 23.3 Å². The Labute approximate surface area is 189 Å². The number of carbonyl (C=O) groups is 2. The molecular weight excluding hydrogens is 408 g/mol. The van der Waals surface area contributed by atoms with Crippen molar-refractivity contribution in [2.75, 3.05) is 33.9 Å². The molecule has 2 aromatic rings. The van der Waals surface area contributed by atoms with Crippen LogP contribution in [0, 0.1) is 11.8 Å². The highest BCUT2D eigenvalue weighted by molar-refractivity contribution is 5.76. The molecule has 7 nitrogen and oxygen atoms in total. The highest BCUT2D eigenvalue weighted by atomic mass is 16.6. The summed E-state index contributed by atoms with van der Waals surface area (Å²) < 4.78 is 10.8. The van der Waals surface area contributed by atoms with Crippen molar-refractivity contribution in [1.82, 2.24) is 10.2 Å². The Bertz CT molecular complexity index is 964. The number of hydrogen-bond donors (Lipinski definition) is 2. The molecule has 0 fully saturated rings. The number of aryl methyl sites for hydroxylation is 1. The number of rotatable bonds is 10. The summed E-state index contributed by atoms with van der Waals surface area (Å²) in [6.45, 7) is 2.72. The molecule has 0 bridgehead atoms. The highest BCUT2D eigenvalue weighted by Gasteiger charge is 2.15. The molecule has 2 N–H and O–H groups in total. The average molecular weight is 439 g/mol. The van der Waals surface area contributed by atoms with E-state index in [1.54, 1.807) is 6.07 Å². The molecule has 2 aromatic carbocycles. The molecule has 170 valence electrons. The van der Waals surface area contributed by atoms with E-state index < -0.39 is 5.97 Å². The number of carbonyl (C=O) groups excluding carboxylic acids is 2. The first-order valence-corrected chi connectivity index (χ1v) is 10.4. The van der Waals surface area contributed by atoms with Crippen LogP contribution in [0.4, 0.5) is 0 Å². The summed E-state index contributed by atoms with van der Waals surface area (Å²) in [7, 11) is 3.47. The third-order valence-electron chi connectivity index (χ3n) is 4.52. The van der Waals surface area contributed by atoms with Crippen molar-refractivity contribution in [2.45, 2.75) is 26.3 Å². The van der Waals surface area contributed by atoms with Gasteiger partial charge < -0.3 is 19.9 Å². The van der Waals surface area contributed by atoms with Gasteiger partial charge >= 0.3 is 5.97 Å². The molecular formula is C25H30N2O5. The predicted molar refractivity (Wildman–Crippen MR) is 122 cm³/mol. The van der Waals surface area contributed by atoms with Gasteiger partial charge in [0, 0.05) is 26.4 Å². The Hall–Kier alpha value is -3.34. The first kappa shape index (κ1) is 24.9. The minimum atomic E-state index is -0.469. The van der Waals surface area contributed by atoms with E-state index >= 15 is 0 Å². The molecule has 0 radical (unpaired) electrons. The second-order valence-electron chi connectivity index (χ2n) is 7.30. The fourth-order valence-corrected chi connectivity index (χ4v) is 3.06. The number of amides is 1. The Morgan fingerprint density at radius 1 is 1.16 bits per heavy atom. The Balaban J connectivity index is 2.19. The lowest BCUT2D eigenvalue weighted by molar-refractivity contribution is -0.132. The zero-order valence-corrected chi connectivity index (χ0v) is 18.8. The molecule has 0 aliphatic heterocycles. The van der Waals surface area contributed by atoms with Crippen LogP contribution in [0.3, 0.4) is 0 Å². The number of aliphatic hydroxyl groups is 1. The summed E-state index contributed by atoms with van der Waals surface area (Å²) in [6.07, 6.45) is 0.708. The van der Waals surface area contributed by atoms with Crippen LogP contribution in [-0.2, 0) is 22.6 Å². The fourth-order valence-electron chi connectivity index (χ4n) is 3.06. The largest absolute Gasteiger partial charge is 0.493 e. The van der Waals surface area contributed by atoms with Crippen LogP contribution >= 0.6 is 0 Å². The minimum absolute atomic E-state index is 0.102. The van der Waals surface area contributed by atoms with Gasteiger partial charge in [0.15, 0.2) is 11.5 Å². The fraction of sp³-hybridized carbons (Fsp3) is 0.360. The maximum atomic E-state index is 11.9. The Morgan fingerprint density at radius 2 is 1.91 bits per heavy atom. The summed E-state index contributed by atoms with van der Waals surface area (Å²) in [5, 5.41) is 11.4. The topological polar surface area (TPSA) is 88.1 Å². The predicted octanol–water partition coefficient (Wildman–Crippen LogP) is 2.15. The van der Waals surface area contributed by atoms with Crippen molar-refractivity contribution < 1.29 is 24.2 Å². The molecule has 2 rings (SSSR count). The molecule has 1 amide bonds. The van der Waals surface area contributed by atoms with Gasteiger partial charge in [0.05, 0.1) is 25.8 Å². The molecule has 32 heavy (non-hydrogen) atoms. The van der Waals surface area contributed by atoms with E-state index in [4.69, 9.17) is 14.6 Å². The van der Waals surface area contributed by atoms with Crippen molar-refractivity contribution in [3.05, 3.63) is 59.2 Å². The Kier molecular flexibility index (Phi) is 10.2. The highest BCUT2D eigenvalue weighted by Crippen LogP contribution is 2.33. The summed E-state index contributed by atoms with van der Waals surface area (Å²) in [5.74, 6) is 6.25. The molecule has 0 saturated heterocycles. The van der Waals surface area contributed by atoms with E-state index in [0.717, 1.165) is 12.1 Å². The van der Waals surface area contributed by atoms with Gasteiger partial charge in [-0.25, -0.2) is 0 Å². The third kappa shape index (κ3) is 8.42. The molecule has 0 saturated carbocycles. The van der Waals surface area contributed by atoms with Crippen LogP contribution in [0.25, 0.3) is 0 Å². The summed E-state index contributed by atoms with van der Waals surface area (Å²) in [6, 6.07) is 13.7. The van der Waals surface area contributed by atoms with E-state index in [9.17, 15) is 9.59 Å². The van der Waals surface area contributed by atoms with Gasteiger partial charge in [0.2, 0.25) is 5.91 Å². The monoisotopic (exact) mass is 438 g/mol. The van der Waals surface area contributed by atoms with Crippen molar-refractivity contribution in [2.24, 2.45) is 0 Å². The number of methoxy groups -OCH3 is 1. The molecule has 0 atom stereocenters. The van der Waals surface area contributed by atoms with Crippen LogP contribution in [0.15, 0.2) is 42.5 Å². The van der Waals surface area contributed by atoms with E-state index in [0.29, 0.717) is 24.3 Å². The Morgan fingerprint density at radius 3 is 2.56 bits per heavy atom. The van der Waals surface area contributed by atoms with Gasteiger partial charge in [-0.1, -0.05) is 42.2 Å². The second-order valence-corrected chi connectivity index (χ2v) is 7.30. The molecule has 0 aliphatic rings. The average Bonchev–Trinajstić information content (AvgIpc) is 2.77. The smallest absolute Gasteiger partial charge is 0.308 e. The minimum Gasteiger partial charge on any atom is -0.493 e.